The van der Waals surface area contributed by atoms with Crippen LogP contribution >= 0.6 is 0 Å². The van der Waals surface area contributed by atoms with Crippen molar-refractivity contribution in [2.45, 2.75) is 24.4 Å². The van der Waals surface area contributed by atoms with Crippen LogP contribution in [-0.4, -0.2) is 17.8 Å². The molecule has 0 unspecified atom stereocenters. The third-order valence-corrected chi connectivity index (χ3v) is 4.73. The lowest BCUT2D eigenvalue weighted by Gasteiger charge is -2.35. The first kappa shape index (κ1) is 24.7. The summed E-state index contributed by atoms with van der Waals surface area (Å²) in [6.45, 7) is 0. The Morgan fingerprint density at radius 2 is 1.21 bits per heavy atom. The lowest BCUT2D eigenvalue weighted by atomic mass is 9.76. The van der Waals surface area contributed by atoms with Gasteiger partial charge < -0.3 is 14.6 Å². The summed E-state index contributed by atoms with van der Waals surface area (Å²) < 4.78 is 84.7. The van der Waals surface area contributed by atoms with Gasteiger partial charge in [0.25, 0.3) is 0 Å². The molecule has 0 bridgehead atoms. The van der Waals surface area contributed by atoms with Gasteiger partial charge in [-0.1, -0.05) is 59.7 Å². The van der Waals surface area contributed by atoms with E-state index in [4.69, 9.17) is 0 Å². The zero-order valence-electron chi connectivity index (χ0n) is 17.0. The van der Waals surface area contributed by atoms with Gasteiger partial charge >= 0.3 is 12.7 Å². The Morgan fingerprint density at radius 1 is 0.735 bits per heavy atom. The molecule has 3 rings (SSSR count). The first-order valence-corrected chi connectivity index (χ1v) is 9.46. The maximum absolute atomic E-state index is 12.8. The van der Waals surface area contributed by atoms with Crippen molar-refractivity contribution >= 4 is 0 Å². The molecule has 0 aliphatic rings. The van der Waals surface area contributed by atoms with E-state index in [1.807, 2.05) is 0 Å². The molecule has 0 saturated heterocycles. The number of aliphatic hydroxyl groups excluding tert-OH is 1. The van der Waals surface area contributed by atoms with Crippen LogP contribution < -0.4 is 9.47 Å². The fraction of sp³-hybridized carbons (Fsp3) is 0.182. The normalized spacial score (nSPS) is 13.0. The second-order valence-corrected chi connectivity index (χ2v) is 6.92. The van der Waals surface area contributed by atoms with Gasteiger partial charge in [-0.05, 0) is 46.5 Å². The molecule has 3 aromatic rings. The van der Waals surface area contributed by atoms with E-state index < -0.39 is 35.9 Å². The minimum atomic E-state index is -5.04. The summed E-state index contributed by atoms with van der Waals surface area (Å²) in [6.07, 6.45) is -11.8. The van der Waals surface area contributed by atoms with Crippen LogP contribution in [0.1, 0.15) is 22.8 Å². The monoisotopic (exact) mass is 483 g/mol. The van der Waals surface area contributed by atoms with Crippen LogP contribution in [0, 0.1) is 0 Å². The summed E-state index contributed by atoms with van der Waals surface area (Å²) in [5, 5.41) is 15.0. The number of azide groups is 1. The quantitative estimate of drug-likeness (QED) is 0.174. The van der Waals surface area contributed by atoms with Crippen LogP contribution in [0.3, 0.4) is 0 Å². The standard InChI is InChI=1S/C22H15F6N3O3/c23-21(24,25)33-17-10-4-8-15(12-17)20(30-31-29,19(32)14-6-2-1-3-7-14)16-9-5-11-18(13-16)34-22(26,27)28/h1-13,19,32H/t19-/m0/s1. The van der Waals surface area contributed by atoms with Crippen LogP contribution in [0.15, 0.2) is 84.0 Å². The summed E-state index contributed by atoms with van der Waals surface area (Å²) in [4.78, 5) is 2.75. The van der Waals surface area contributed by atoms with Crippen molar-refractivity contribution in [1.29, 1.82) is 0 Å². The maximum atomic E-state index is 12.8. The summed E-state index contributed by atoms with van der Waals surface area (Å²) in [6, 6.07) is 16.2. The van der Waals surface area contributed by atoms with E-state index in [0.29, 0.717) is 0 Å². The molecule has 0 radical (unpaired) electrons. The lowest BCUT2D eigenvalue weighted by molar-refractivity contribution is -0.275. The molecule has 0 aromatic heterocycles. The van der Waals surface area contributed by atoms with E-state index in [1.54, 1.807) is 18.2 Å². The second kappa shape index (κ2) is 9.54. The summed E-state index contributed by atoms with van der Waals surface area (Å²) in [5.74, 6) is -1.38. The molecule has 0 spiro atoms. The summed E-state index contributed by atoms with van der Waals surface area (Å²) >= 11 is 0. The van der Waals surface area contributed by atoms with Gasteiger partial charge in [-0.15, -0.1) is 26.3 Å². The smallest absolute Gasteiger partial charge is 0.406 e. The zero-order valence-corrected chi connectivity index (χ0v) is 17.0. The van der Waals surface area contributed by atoms with E-state index in [2.05, 4.69) is 19.5 Å². The average Bonchev–Trinajstić information content (AvgIpc) is 2.76. The molecule has 0 aliphatic heterocycles. The molecule has 178 valence electrons. The van der Waals surface area contributed by atoms with Crippen molar-refractivity contribution in [1.82, 2.24) is 0 Å². The molecule has 12 heteroatoms. The van der Waals surface area contributed by atoms with Crippen molar-refractivity contribution in [2.75, 3.05) is 0 Å². The second-order valence-electron chi connectivity index (χ2n) is 6.92. The van der Waals surface area contributed by atoms with E-state index in [9.17, 15) is 37.0 Å². The third kappa shape index (κ3) is 5.72. The number of halogens is 6. The number of benzene rings is 3. The van der Waals surface area contributed by atoms with Gasteiger partial charge in [0.2, 0.25) is 0 Å². The predicted molar refractivity (Wildman–Crippen MR) is 108 cm³/mol. The van der Waals surface area contributed by atoms with Crippen LogP contribution in [0.4, 0.5) is 26.3 Å². The maximum Gasteiger partial charge on any atom is 0.573 e. The van der Waals surface area contributed by atoms with Gasteiger partial charge in [0.15, 0.2) is 0 Å². The number of hydrogen-bond acceptors (Lipinski definition) is 4. The largest absolute Gasteiger partial charge is 0.573 e. The highest BCUT2D eigenvalue weighted by Crippen LogP contribution is 2.47. The van der Waals surface area contributed by atoms with Crippen LogP contribution in [0.25, 0.3) is 10.4 Å². The molecular formula is C22H15F6N3O3. The van der Waals surface area contributed by atoms with E-state index in [0.717, 1.165) is 36.4 Å². The third-order valence-electron chi connectivity index (χ3n) is 4.73. The number of alkyl halides is 6. The van der Waals surface area contributed by atoms with Crippen LogP contribution in [0.2, 0.25) is 0 Å². The van der Waals surface area contributed by atoms with Gasteiger partial charge in [0, 0.05) is 4.91 Å². The highest BCUT2D eigenvalue weighted by Gasteiger charge is 2.43. The van der Waals surface area contributed by atoms with Crippen molar-refractivity contribution in [3.05, 3.63) is 106 Å². The Labute approximate surface area is 188 Å². The number of ether oxygens (including phenoxy) is 2. The SMILES string of the molecule is [N-]=[N+]=NC(c1cccc(OC(F)(F)F)c1)(c1cccc(OC(F)(F)F)c1)[C@@H](O)c1ccccc1. The number of aliphatic hydroxyl groups is 1. The van der Waals surface area contributed by atoms with Gasteiger partial charge in [-0.25, -0.2) is 0 Å². The number of nitrogens with zero attached hydrogens (tertiary/aromatic N) is 3. The Bertz CT molecular complexity index is 1120. The van der Waals surface area contributed by atoms with Crippen molar-refractivity contribution in [3.63, 3.8) is 0 Å². The molecule has 0 amide bonds. The van der Waals surface area contributed by atoms with Gasteiger partial charge in [-0.3, -0.25) is 0 Å². The number of hydrogen-bond donors (Lipinski definition) is 1. The predicted octanol–water partition coefficient (Wildman–Crippen LogP) is 6.77. The topological polar surface area (TPSA) is 87.5 Å². The van der Waals surface area contributed by atoms with E-state index in [-0.39, 0.29) is 16.7 Å². The summed E-state index contributed by atoms with van der Waals surface area (Å²) in [7, 11) is 0. The minimum Gasteiger partial charge on any atom is -0.406 e. The van der Waals surface area contributed by atoms with E-state index in [1.165, 1.54) is 24.3 Å². The first-order chi connectivity index (χ1) is 15.9. The van der Waals surface area contributed by atoms with Gasteiger partial charge in [0.05, 0.1) is 6.10 Å². The molecule has 0 fully saturated rings. The highest BCUT2D eigenvalue weighted by atomic mass is 19.4. The average molecular weight is 483 g/mol. The Balaban J connectivity index is 2.28. The van der Waals surface area contributed by atoms with Crippen molar-refractivity contribution in [2.24, 2.45) is 5.11 Å². The van der Waals surface area contributed by atoms with Gasteiger partial charge in [0.1, 0.15) is 17.0 Å². The fourth-order valence-corrected chi connectivity index (χ4v) is 3.46. The first-order valence-electron chi connectivity index (χ1n) is 9.46. The highest BCUT2D eigenvalue weighted by molar-refractivity contribution is 5.47. The Kier molecular flexibility index (Phi) is 6.94. The Hall–Kier alpha value is -3.89. The lowest BCUT2D eigenvalue weighted by Crippen LogP contribution is -2.33. The molecular weight excluding hydrogens is 468 g/mol. The van der Waals surface area contributed by atoms with Crippen LogP contribution in [-0.2, 0) is 5.54 Å². The molecule has 34 heavy (non-hydrogen) atoms. The molecule has 0 aliphatic carbocycles. The Morgan fingerprint density at radius 3 is 1.62 bits per heavy atom. The molecule has 1 N–H and O–H groups in total. The molecule has 3 aromatic carbocycles. The van der Waals surface area contributed by atoms with E-state index >= 15 is 0 Å². The fourth-order valence-electron chi connectivity index (χ4n) is 3.46. The molecule has 6 nitrogen and oxygen atoms in total. The molecule has 0 saturated carbocycles. The number of rotatable bonds is 7. The summed E-state index contributed by atoms with van der Waals surface area (Å²) in [5.41, 5.74) is 6.99. The van der Waals surface area contributed by atoms with Gasteiger partial charge in [-0.2, -0.15) is 0 Å². The molecule has 0 heterocycles. The van der Waals surface area contributed by atoms with Crippen molar-refractivity contribution in [3.8, 4) is 11.5 Å². The van der Waals surface area contributed by atoms with Crippen molar-refractivity contribution < 1.29 is 40.9 Å². The minimum absolute atomic E-state index is 0.174. The van der Waals surface area contributed by atoms with Crippen LogP contribution in [0.5, 0.6) is 11.5 Å². The molecule has 1 atom stereocenters. The zero-order chi connectivity index (χ0) is 25.0.